The maximum Gasteiger partial charge on any atom is 0.285 e. The first-order valence-electron chi connectivity index (χ1n) is 9.02. The quantitative estimate of drug-likeness (QED) is 0.683. The molecular formula is C21H25N3O4S. The number of ether oxygens (including phenoxy) is 2. The van der Waals surface area contributed by atoms with Crippen molar-refractivity contribution in [3.05, 3.63) is 54.1 Å². The topological polar surface area (TPSA) is 96.4 Å². The fraction of sp³-hybridized carbons (Fsp3) is 0.286. The van der Waals surface area contributed by atoms with Crippen LogP contribution in [0.4, 0.5) is 5.82 Å². The third kappa shape index (κ3) is 3.93. The zero-order valence-electron chi connectivity index (χ0n) is 17.1. The highest BCUT2D eigenvalue weighted by Crippen LogP contribution is 2.32. The molecule has 0 atom stereocenters. The fourth-order valence-electron chi connectivity index (χ4n) is 2.93. The van der Waals surface area contributed by atoms with E-state index in [4.69, 9.17) is 15.2 Å². The lowest BCUT2D eigenvalue weighted by atomic mass is 9.86. The van der Waals surface area contributed by atoms with Gasteiger partial charge in [-0.2, -0.15) is 13.5 Å². The highest BCUT2D eigenvalue weighted by Gasteiger charge is 2.24. The Labute approximate surface area is 171 Å². The Hall–Kier alpha value is -3.00. The minimum atomic E-state index is -4.00. The number of nitrogens with zero attached hydrogens (tertiary/aromatic N) is 2. The molecule has 3 rings (SSSR count). The van der Waals surface area contributed by atoms with Crippen molar-refractivity contribution in [2.45, 2.75) is 31.1 Å². The van der Waals surface area contributed by atoms with Gasteiger partial charge in [-0.3, -0.25) is 0 Å². The van der Waals surface area contributed by atoms with Crippen LogP contribution in [-0.4, -0.2) is 31.8 Å². The molecule has 2 aromatic carbocycles. The Bertz CT molecular complexity index is 1130. The van der Waals surface area contributed by atoms with E-state index in [1.807, 2.05) is 24.3 Å². The van der Waals surface area contributed by atoms with Gasteiger partial charge in [-0.05, 0) is 23.1 Å². The smallest absolute Gasteiger partial charge is 0.285 e. The van der Waals surface area contributed by atoms with Crippen molar-refractivity contribution in [3.8, 4) is 22.8 Å². The van der Waals surface area contributed by atoms with Gasteiger partial charge < -0.3 is 15.2 Å². The van der Waals surface area contributed by atoms with Crippen molar-refractivity contribution in [1.29, 1.82) is 0 Å². The lowest BCUT2D eigenvalue weighted by Gasteiger charge is -2.18. The van der Waals surface area contributed by atoms with E-state index < -0.39 is 10.0 Å². The molecule has 0 fully saturated rings. The molecule has 0 aliphatic rings. The van der Waals surface area contributed by atoms with Crippen LogP contribution in [0.2, 0.25) is 0 Å². The number of methoxy groups -OCH3 is 2. The highest BCUT2D eigenvalue weighted by molar-refractivity contribution is 7.90. The van der Waals surface area contributed by atoms with Crippen molar-refractivity contribution >= 4 is 15.8 Å². The molecule has 7 nitrogen and oxygen atoms in total. The Kier molecular flexibility index (Phi) is 5.32. The van der Waals surface area contributed by atoms with E-state index in [0.717, 1.165) is 9.65 Å². The Morgan fingerprint density at radius 3 is 2.10 bits per heavy atom. The van der Waals surface area contributed by atoms with Gasteiger partial charge in [0.1, 0.15) is 5.82 Å². The van der Waals surface area contributed by atoms with E-state index in [0.29, 0.717) is 17.2 Å². The van der Waals surface area contributed by atoms with Gasteiger partial charge in [0, 0.05) is 17.7 Å². The maximum absolute atomic E-state index is 13.1. The molecule has 154 valence electrons. The van der Waals surface area contributed by atoms with Gasteiger partial charge in [-0.15, -0.1) is 4.09 Å². The number of anilines is 1. The van der Waals surface area contributed by atoms with Crippen LogP contribution in [0.25, 0.3) is 11.3 Å². The van der Waals surface area contributed by atoms with E-state index in [1.165, 1.54) is 38.0 Å². The molecule has 2 N–H and O–H groups in total. The van der Waals surface area contributed by atoms with Crippen LogP contribution < -0.4 is 15.2 Å². The largest absolute Gasteiger partial charge is 0.493 e. The normalized spacial score (nSPS) is 12.0. The van der Waals surface area contributed by atoms with Crippen LogP contribution in [0.15, 0.2) is 53.4 Å². The number of hydrogen-bond donors (Lipinski definition) is 1. The Balaban J connectivity index is 2.01. The Morgan fingerprint density at radius 1 is 0.931 bits per heavy atom. The number of aromatic nitrogens is 2. The van der Waals surface area contributed by atoms with Gasteiger partial charge in [0.25, 0.3) is 10.0 Å². The second-order valence-electron chi connectivity index (χ2n) is 7.65. The summed E-state index contributed by atoms with van der Waals surface area (Å²) >= 11 is 0. The van der Waals surface area contributed by atoms with Gasteiger partial charge in [-0.1, -0.05) is 45.0 Å². The summed E-state index contributed by atoms with van der Waals surface area (Å²) in [6.07, 6.45) is 0. The molecule has 1 heterocycles. The number of hydrogen-bond acceptors (Lipinski definition) is 6. The van der Waals surface area contributed by atoms with Crippen molar-refractivity contribution in [1.82, 2.24) is 9.19 Å². The molecule has 0 aliphatic carbocycles. The summed E-state index contributed by atoms with van der Waals surface area (Å²) < 4.78 is 37.4. The van der Waals surface area contributed by atoms with E-state index in [-0.39, 0.29) is 16.1 Å². The van der Waals surface area contributed by atoms with E-state index in [9.17, 15) is 8.42 Å². The summed E-state index contributed by atoms with van der Waals surface area (Å²) in [5.41, 5.74) is 8.45. The van der Waals surface area contributed by atoms with Crippen molar-refractivity contribution in [3.63, 3.8) is 0 Å². The molecule has 1 aromatic heterocycles. The first kappa shape index (κ1) is 20.7. The average molecular weight is 416 g/mol. The van der Waals surface area contributed by atoms with Crippen LogP contribution >= 0.6 is 0 Å². The van der Waals surface area contributed by atoms with Crippen LogP contribution in [0, 0.1) is 0 Å². The molecule has 0 aliphatic heterocycles. The highest BCUT2D eigenvalue weighted by atomic mass is 32.2. The van der Waals surface area contributed by atoms with Crippen LogP contribution in [0.5, 0.6) is 11.5 Å². The minimum Gasteiger partial charge on any atom is -0.493 e. The summed E-state index contributed by atoms with van der Waals surface area (Å²) in [5.74, 6) is 0.756. The summed E-state index contributed by atoms with van der Waals surface area (Å²) in [6, 6.07) is 13.7. The van der Waals surface area contributed by atoms with Crippen LogP contribution in [0.1, 0.15) is 26.3 Å². The molecule has 0 amide bonds. The zero-order valence-corrected chi connectivity index (χ0v) is 17.9. The van der Waals surface area contributed by atoms with Crippen molar-refractivity contribution in [2.24, 2.45) is 0 Å². The van der Waals surface area contributed by atoms with Gasteiger partial charge in [0.15, 0.2) is 11.5 Å². The SMILES string of the molecule is COc1ccc(S(=O)(=O)n2nc(-c3ccc(C(C)(C)C)cc3)cc2N)cc1OC. The molecule has 0 unspecified atom stereocenters. The zero-order chi connectivity index (χ0) is 21.4. The molecule has 0 spiro atoms. The molecule has 0 bridgehead atoms. The van der Waals surface area contributed by atoms with Gasteiger partial charge in [-0.25, -0.2) is 0 Å². The van der Waals surface area contributed by atoms with Crippen molar-refractivity contribution in [2.75, 3.05) is 20.0 Å². The lowest BCUT2D eigenvalue weighted by Crippen LogP contribution is -2.17. The van der Waals surface area contributed by atoms with E-state index in [1.54, 1.807) is 6.07 Å². The van der Waals surface area contributed by atoms with E-state index in [2.05, 4.69) is 25.9 Å². The summed E-state index contributed by atoms with van der Waals surface area (Å²) in [5, 5.41) is 4.25. The first-order chi connectivity index (χ1) is 13.6. The maximum atomic E-state index is 13.1. The molecule has 0 radical (unpaired) electrons. The number of rotatable bonds is 5. The first-order valence-corrected chi connectivity index (χ1v) is 10.5. The van der Waals surface area contributed by atoms with Crippen molar-refractivity contribution < 1.29 is 17.9 Å². The Morgan fingerprint density at radius 2 is 1.55 bits per heavy atom. The van der Waals surface area contributed by atoms with Gasteiger partial charge in [0.2, 0.25) is 0 Å². The molecule has 0 saturated carbocycles. The summed E-state index contributed by atoms with van der Waals surface area (Å²) in [4.78, 5) is -0.000388. The molecule has 3 aromatic rings. The van der Waals surface area contributed by atoms with E-state index >= 15 is 0 Å². The third-order valence-corrected chi connectivity index (χ3v) is 6.23. The molecule has 0 saturated heterocycles. The minimum absolute atomic E-state index is 0.000388. The van der Waals surface area contributed by atoms with Gasteiger partial charge >= 0.3 is 0 Å². The molecule has 29 heavy (non-hydrogen) atoms. The number of benzene rings is 2. The fourth-order valence-corrected chi connectivity index (χ4v) is 4.15. The second-order valence-corrected chi connectivity index (χ2v) is 9.41. The predicted octanol–water partition coefficient (Wildman–Crippen LogP) is 3.68. The predicted molar refractivity (Wildman–Crippen MR) is 113 cm³/mol. The monoisotopic (exact) mass is 415 g/mol. The molecule has 8 heteroatoms. The summed E-state index contributed by atoms with van der Waals surface area (Å²) in [6.45, 7) is 6.39. The third-order valence-electron chi connectivity index (χ3n) is 4.63. The van der Waals surface area contributed by atoms with Crippen LogP contribution in [0.3, 0.4) is 0 Å². The number of nitrogens with two attached hydrogens (primary N) is 1. The number of nitrogen functional groups attached to an aromatic ring is 1. The second kappa shape index (κ2) is 7.44. The lowest BCUT2D eigenvalue weighted by molar-refractivity contribution is 0.354. The average Bonchev–Trinajstić information content (AvgIpc) is 3.09. The summed E-state index contributed by atoms with van der Waals surface area (Å²) in [7, 11) is -1.08. The van der Waals surface area contributed by atoms with Crippen LogP contribution in [-0.2, 0) is 15.4 Å². The van der Waals surface area contributed by atoms with Gasteiger partial charge in [0.05, 0.1) is 24.8 Å². The standard InChI is InChI=1S/C21H25N3O4S/c1-21(2,3)15-8-6-14(7-9-15)17-13-20(22)24(23-17)29(25,26)16-10-11-18(27-4)19(12-16)28-5/h6-13H,22H2,1-5H3. The molecular weight excluding hydrogens is 390 g/mol.